The number of methoxy groups -OCH3 is 1. The van der Waals surface area contributed by atoms with Crippen LogP contribution in [0, 0.1) is 34.5 Å². The Morgan fingerprint density at radius 1 is 1.28 bits per heavy atom. The van der Waals surface area contributed by atoms with E-state index < -0.39 is 0 Å². The Morgan fingerprint density at radius 3 is 2.84 bits per heavy atom. The number of carbonyl (C=O) groups excluding carboxylic acids is 1. The Bertz CT molecular complexity index is 816. The third-order valence-electron chi connectivity index (χ3n) is 10.6. The van der Waals surface area contributed by atoms with Crippen molar-refractivity contribution in [2.75, 3.05) is 7.11 Å². The molecule has 178 valence electrons. The standard InChI is InChI=1S/C28H42O4/c1-6-28-23(31-24(32-28)13-10-18(2)25(29)30-5)17-22-20-12-11-19-9-7-8-15-26(19,3)21(20)14-16-27(22,28)4/h8-9,15,18,20-24H,6-7,10-14,16-17H2,1-5H3/t18?,20-,21+,22+,23?,24?,26+,27+,28-/m1/s1. The molecule has 0 spiro atoms. The van der Waals surface area contributed by atoms with Gasteiger partial charge in [0.2, 0.25) is 0 Å². The van der Waals surface area contributed by atoms with Crippen molar-refractivity contribution in [2.45, 2.75) is 103 Å². The summed E-state index contributed by atoms with van der Waals surface area (Å²) in [7, 11) is 1.46. The zero-order valence-corrected chi connectivity index (χ0v) is 20.7. The molecule has 4 aliphatic carbocycles. The SMILES string of the molecule is CC[C@@]12OC(CCC(C)C(=O)OC)OC1C[C@H]1[C@@H]3CCC4=CCC=C[C@]4(C)[C@H]3CC[C@@]12C. The van der Waals surface area contributed by atoms with Crippen molar-refractivity contribution >= 4 is 5.97 Å². The Morgan fingerprint density at radius 2 is 2.09 bits per heavy atom. The Hall–Kier alpha value is -1.13. The van der Waals surface area contributed by atoms with Gasteiger partial charge >= 0.3 is 5.97 Å². The lowest BCUT2D eigenvalue weighted by Crippen LogP contribution is -2.55. The summed E-state index contributed by atoms with van der Waals surface area (Å²) in [5.74, 6) is 1.93. The van der Waals surface area contributed by atoms with E-state index in [4.69, 9.17) is 14.2 Å². The first-order valence-electron chi connectivity index (χ1n) is 13.1. The number of ether oxygens (including phenoxy) is 3. The minimum Gasteiger partial charge on any atom is -0.469 e. The molecule has 0 N–H and O–H groups in total. The van der Waals surface area contributed by atoms with Crippen molar-refractivity contribution in [3.05, 3.63) is 23.8 Å². The second kappa shape index (κ2) is 7.98. The summed E-state index contributed by atoms with van der Waals surface area (Å²) >= 11 is 0. The normalized spacial score (nSPS) is 47.7. The maximum atomic E-state index is 11.8. The van der Waals surface area contributed by atoms with Gasteiger partial charge in [0.15, 0.2) is 6.29 Å². The minimum atomic E-state index is -0.192. The smallest absolute Gasteiger partial charge is 0.308 e. The van der Waals surface area contributed by atoms with Gasteiger partial charge < -0.3 is 14.2 Å². The molecule has 0 aromatic heterocycles. The molecule has 9 atom stereocenters. The van der Waals surface area contributed by atoms with Crippen molar-refractivity contribution in [3.63, 3.8) is 0 Å². The van der Waals surface area contributed by atoms with Crippen LogP contribution >= 0.6 is 0 Å². The Balaban J connectivity index is 1.35. The van der Waals surface area contributed by atoms with E-state index in [1.807, 2.05) is 6.92 Å². The minimum absolute atomic E-state index is 0.113. The third-order valence-corrected chi connectivity index (χ3v) is 10.6. The highest BCUT2D eigenvalue weighted by Gasteiger charge is 2.70. The summed E-state index contributed by atoms with van der Waals surface area (Å²) in [6, 6.07) is 0. The van der Waals surface area contributed by atoms with Crippen LogP contribution in [0.5, 0.6) is 0 Å². The number of fused-ring (bicyclic) bond motifs is 7. The van der Waals surface area contributed by atoms with Crippen LogP contribution in [0.2, 0.25) is 0 Å². The molecule has 1 heterocycles. The highest BCUT2D eigenvalue weighted by atomic mass is 16.7. The lowest BCUT2D eigenvalue weighted by atomic mass is 9.47. The fourth-order valence-corrected chi connectivity index (χ4v) is 8.78. The van der Waals surface area contributed by atoms with Crippen LogP contribution in [0.15, 0.2) is 23.8 Å². The van der Waals surface area contributed by atoms with Crippen LogP contribution in [0.25, 0.3) is 0 Å². The van der Waals surface area contributed by atoms with Crippen molar-refractivity contribution in [2.24, 2.45) is 34.5 Å². The Labute approximate surface area is 194 Å². The van der Waals surface area contributed by atoms with E-state index in [1.165, 1.54) is 32.8 Å². The zero-order valence-electron chi connectivity index (χ0n) is 20.7. The number of rotatable bonds is 5. The lowest BCUT2D eigenvalue weighted by Gasteiger charge is -2.58. The molecule has 0 aromatic carbocycles. The highest BCUT2D eigenvalue weighted by Crippen LogP contribution is 2.70. The maximum Gasteiger partial charge on any atom is 0.308 e. The first kappa shape index (κ1) is 22.7. The number of hydrogen-bond donors (Lipinski definition) is 0. The van der Waals surface area contributed by atoms with Gasteiger partial charge in [0.05, 0.1) is 19.1 Å². The van der Waals surface area contributed by atoms with Gasteiger partial charge in [-0.15, -0.1) is 0 Å². The molecule has 4 fully saturated rings. The van der Waals surface area contributed by atoms with E-state index in [0.717, 1.165) is 43.9 Å². The summed E-state index contributed by atoms with van der Waals surface area (Å²) < 4.78 is 18.4. The molecule has 3 unspecified atom stereocenters. The molecule has 4 heteroatoms. The molecule has 0 aromatic rings. The van der Waals surface area contributed by atoms with Gasteiger partial charge in [0.25, 0.3) is 0 Å². The molecule has 0 bridgehead atoms. The molecule has 5 aliphatic rings. The van der Waals surface area contributed by atoms with Crippen molar-refractivity contribution < 1.29 is 19.0 Å². The topological polar surface area (TPSA) is 44.8 Å². The molecular weight excluding hydrogens is 400 g/mol. The van der Waals surface area contributed by atoms with Crippen LogP contribution in [-0.2, 0) is 19.0 Å². The molecule has 0 amide bonds. The van der Waals surface area contributed by atoms with Crippen LogP contribution < -0.4 is 0 Å². The Kier molecular flexibility index (Phi) is 5.65. The first-order chi connectivity index (χ1) is 15.3. The lowest BCUT2D eigenvalue weighted by molar-refractivity contribution is -0.176. The van der Waals surface area contributed by atoms with E-state index in [9.17, 15) is 4.79 Å². The van der Waals surface area contributed by atoms with E-state index in [0.29, 0.717) is 5.92 Å². The average molecular weight is 443 g/mol. The molecule has 1 saturated heterocycles. The predicted molar refractivity (Wildman–Crippen MR) is 125 cm³/mol. The van der Waals surface area contributed by atoms with E-state index in [2.05, 4.69) is 39.0 Å². The van der Waals surface area contributed by atoms with Gasteiger partial charge in [-0.25, -0.2) is 0 Å². The van der Waals surface area contributed by atoms with Gasteiger partial charge in [-0.05, 0) is 75.5 Å². The summed E-state index contributed by atoms with van der Waals surface area (Å²) in [5, 5.41) is 0. The molecular formula is C28H42O4. The predicted octanol–water partition coefficient (Wildman–Crippen LogP) is 6.20. The molecule has 3 saturated carbocycles. The van der Waals surface area contributed by atoms with Gasteiger partial charge in [0, 0.05) is 10.8 Å². The number of esters is 1. The summed E-state index contributed by atoms with van der Waals surface area (Å²) in [6.07, 6.45) is 17.3. The third kappa shape index (κ3) is 3.04. The van der Waals surface area contributed by atoms with Gasteiger partial charge in [-0.1, -0.05) is 51.5 Å². The number of hydrogen-bond acceptors (Lipinski definition) is 4. The molecule has 4 nitrogen and oxygen atoms in total. The van der Waals surface area contributed by atoms with E-state index in [-0.39, 0.29) is 40.7 Å². The second-order valence-electron chi connectivity index (χ2n) is 11.7. The largest absolute Gasteiger partial charge is 0.469 e. The van der Waals surface area contributed by atoms with Crippen LogP contribution in [0.1, 0.15) is 85.5 Å². The first-order valence-corrected chi connectivity index (χ1v) is 13.1. The molecule has 0 radical (unpaired) electrons. The number of carbonyl (C=O) groups is 1. The number of allylic oxidation sites excluding steroid dienone is 4. The maximum absolute atomic E-state index is 11.8. The monoisotopic (exact) mass is 442 g/mol. The van der Waals surface area contributed by atoms with Crippen molar-refractivity contribution in [3.8, 4) is 0 Å². The fourth-order valence-electron chi connectivity index (χ4n) is 8.78. The molecule has 5 rings (SSSR count). The quantitative estimate of drug-likeness (QED) is 0.375. The van der Waals surface area contributed by atoms with Gasteiger partial charge in [0.1, 0.15) is 5.60 Å². The summed E-state index contributed by atoms with van der Waals surface area (Å²) in [6.45, 7) is 9.25. The van der Waals surface area contributed by atoms with Crippen LogP contribution in [0.4, 0.5) is 0 Å². The van der Waals surface area contributed by atoms with E-state index in [1.54, 1.807) is 5.57 Å². The van der Waals surface area contributed by atoms with Crippen molar-refractivity contribution in [1.29, 1.82) is 0 Å². The average Bonchev–Trinajstić information content (AvgIpc) is 3.27. The van der Waals surface area contributed by atoms with Crippen LogP contribution in [0.3, 0.4) is 0 Å². The highest BCUT2D eigenvalue weighted by molar-refractivity contribution is 5.71. The second-order valence-corrected chi connectivity index (χ2v) is 11.7. The van der Waals surface area contributed by atoms with Crippen molar-refractivity contribution in [1.82, 2.24) is 0 Å². The zero-order chi connectivity index (χ0) is 22.7. The summed E-state index contributed by atoms with van der Waals surface area (Å²) in [5.41, 5.74) is 1.95. The van der Waals surface area contributed by atoms with E-state index >= 15 is 0 Å². The van der Waals surface area contributed by atoms with Crippen LogP contribution in [-0.4, -0.2) is 31.1 Å². The van der Waals surface area contributed by atoms with Gasteiger partial charge in [-0.3, -0.25) is 4.79 Å². The fraction of sp³-hybridized carbons (Fsp3) is 0.821. The molecule has 1 aliphatic heterocycles. The van der Waals surface area contributed by atoms with Gasteiger partial charge in [-0.2, -0.15) is 0 Å². The molecule has 32 heavy (non-hydrogen) atoms. The summed E-state index contributed by atoms with van der Waals surface area (Å²) in [4.78, 5) is 11.8.